The summed E-state index contributed by atoms with van der Waals surface area (Å²) in [6.45, 7) is 6.69. The highest BCUT2D eigenvalue weighted by Crippen LogP contribution is 2.29. The second-order valence-electron chi connectivity index (χ2n) is 5.98. The van der Waals surface area contributed by atoms with Crippen molar-refractivity contribution in [2.24, 2.45) is 5.92 Å². The quantitative estimate of drug-likeness (QED) is 0.838. The number of benzene rings is 1. The lowest BCUT2D eigenvalue weighted by atomic mass is 10.0. The number of aryl methyl sites for hydroxylation is 1. The van der Waals surface area contributed by atoms with Gasteiger partial charge in [0.25, 0.3) is 0 Å². The predicted molar refractivity (Wildman–Crippen MR) is 78.2 cm³/mol. The van der Waals surface area contributed by atoms with Crippen molar-refractivity contribution in [1.82, 2.24) is 5.32 Å². The summed E-state index contributed by atoms with van der Waals surface area (Å²) in [6, 6.07) is 5.67. The third-order valence-corrected chi connectivity index (χ3v) is 3.55. The normalized spacial score (nSPS) is 18.7. The first-order chi connectivity index (χ1) is 9.45. The van der Waals surface area contributed by atoms with E-state index in [0.717, 1.165) is 12.2 Å². The minimum Gasteiger partial charge on any atom is -0.488 e. The fourth-order valence-electron chi connectivity index (χ4n) is 2.58. The maximum absolute atomic E-state index is 11.2. The first-order valence-electron chi connectivity index (χ1n) is 7.18. The Morgan fingerprint density at radius 1 is 1.50 bits per heavy atom. The SMILES string of the molecule is Cc1ccc2c(c1)CC(CNC(CC(C)C)C(=O)O)O2. The molecule has 0 aliphatic carbocycles. The number of carboxylic acids is 1. The molecule has 0 fully saturated rings. The Kier molecular flexibility index (Phi) is 4.65. The van der Waals surface area contributed by atoms with Gasteiger partial charge in [0.2, 0.25) is 0 Å². The Morgan fingerprint density at radius 3 is 2.90 bits per heavy atom. The van der Waals surface area contributed by atoms with Gasteiger partial charge in [-0.3, -0.25) is 4.79 Å². The molecule has 1 aromatic rings. The van der Waals surface area contributed by atoms with Crippen LogP contribution in [0.15, 0.2) is 18.2 Å². The van der Waals surface area contributed by atoms with E-state index >= 15 is 0 Å². The molecule has 0 spiro atoms. The van der Waals surface area contributed by atoms with Crippen molar-refractivity contribution in [2.45, 2.75) is 45.8 Å². The summed E-state index contributed by atoms with van der Waals surface area (Å²) in [5.74, 6) is 0.496. The predicted octanol–water partition coefficient (Wildman–Crippen LogP) is 2.39. The van der Waals surface area contributed by atoms with Crippen LogP contribution in [0.4, 0.5) is 0 Å². The Hall–Kier alpha value is -1.55. The average Bonchev–Trinajstić information content (AvgIpc) is 2.75. The lowest BCUT2D eigenvalue weighted by Gasteiger charge is -2.19. The van der Waals surface area contributed by atoms with Crippen molar-refractivity contribution in [3.63, 3.8) is 0 Å². The van der Waals surface area contributed by atoms with E-state index in [4.69, 9.17) is 4.74 Å². The number of carboxylic acid groups (broad SMARTS) is 1. The molecular formula is C16H23NO3. The third-order valence-electron chi connectivity index (χ3n) is 3.55. The van der Waals surface area contributed by atoms with Crippen molar-refractivity contribution < 1.29 is 14.6 Å². The Labute approximate surface area is 120 Å². The Morgan fingerprint density at radius 2 is 2.25 bits per heavy atom. The van der Waals surface area contributed by atoms with Crippen LogP contribution in [0.2, 0.25) is 0 Å². The van der Waals surface area contributed by atoms with E-state index in [1.807, 2.05) is 26.0 Å². The fraction of sp³-hybridized carbons (Fsp3) is 0.562. The zero-order valence-corrected chi connectivity index (χ0v) is 12.3. The van der Waals surface area contributed by atoms with Gasteiger partial charge in [-0.25, -0.2) is 0 Å². The average molecular weight is 277 g/mol. The minimum absolute atomic E-state index is 0.0285. The molecule has 1 aliphatic heterocycles. The highest BCUT2D eigenvalue weighted by atomic mass is 16.5. The molecule has 1 aliphatic rings. The Bertz CT molecular complexity index is 485. The highest BCUT2D eigenvalue weighted by molar-refractivity contribution is 5.73. The summed E-state index contributed by atoms with van der Waals surface area (Å²) in [5, 5.41) is 12.3. The largest absolute Gasteiger partial charge is 0.488 e. The molecule has 0 saturated carbocycles. The van der Waals surface area contributed by atoms with Gasteiger partial charge in [-0.05, 0) is 30.9 Å². The van der Waals surface area contributed by atoms with Crippen LogP contribution in [0, 0.1) is 12.8 Å². The summed E-state index contributed by atoms with van der Waals surface area (Å²) in [5.41, 5.74) is 2.44. The van der Waals surface area contributed by atoms with Gasteiger partial charge in [-0.15, -0.1) is 0 Å². The van der Waals surface area contributed by atoms with Gasteiger partial charge in [0, 0.05) is 13.0 Å². The molecule has 4 nitrogen and oxygen atoms in total. The van der Waals surface area contributed by atoms with E-state index in [0.29, 0.717) is 18.9 Å². The van der Waals surface area contributed by atoms with Crippen LogP contribution in [0.5, 0.6) is 5.75 Å². The first kappa shape index (κ1) is 14.9. The van der Waals surface area contributed by atoms with E-state index in [-0.39, 0.29) is 6.10 Å². The molecule has 2 atom stereocenters. The second-order valence-corrected chi connectivity index (χ2v) is 5.98. The van der Waals surface area contributed by atoms with Gasteiger partial charge in [0.1, 0.15) is 17.9 Å². The summed E-state index contributed by atoms with van der Waals surface area (Å²) < 4.78 is 5.84. The van der Waals surface area contributed by atoms with E-state index < -0.39 is 12.0 Å². The van der Waals surface area contributed by atoms with Crippen LogP contribution in [0.3, 0.4) is 0 Å². The van der Waals surface area contributed by atoms with Gasteiger partial charge >= 0.3 is 5.97 Å². The highest BCUT2D eigenvalue weighted by Gasteiger charge is 2.25. The van der Waals surface area contributed by atoms with Crippen molar-refractivity contribution >= 4 is 5.97 Å². The number of hydrogen-bond donors (Lipinski definition) is 2. The number of ether oxygens (including phenoxy) is 1. The molecular weight excluding hydrogens is 254 g/mol. The maximum Gasteiger partial charge on any atom is 0.320 e. The smallest absolute Gasteiger partial charge is 0.320 e. The molecule has 0 aromatic heterocycles. The van der Waals surface area contributed by atoms with Gasteiger partial charge in [0.05, 0.1) is 0 Å². The number of hydrogen-bond acceptors (Lipinski definition) is 3. The van der Waals surface area contributed by atoms with Gasteiger partial charge in [-0.1, -0.05) is 31.5 Å². The summed E-state index contributed by atoms with van der Waals surface area (Å²) in [6.07, 6.45) is 1.51. The van der Waals surface area contributed by atoms with E-state index in [1.54, 1.807) is 0 Å². The monoisotopic (exact) mass is 277 g/mol. The Balaban J connectivity index is 1.88. The van der Waals surface area contributed by atoms with Gasteiger partial charge in [-0.2, -0.15) is 0 Å². The second kappa shape index (κ2) is 6.27. The standard InChI is InChI=1S/C16H23NO3/c1-10(2)6-14(16(18)19)17-9-13-8-12-7-11(3)4-5-15(12)20-13/h4-5,7,10,13-14,17H,6,8-9H2,1-3H3,(H,18,19). The molecule has 110 valence electrons. The zero-order chi connectivity index (χ0) is 14.7. The zero-order valence-electron chi connectivity index (χ0n) is 12.3. The first-order valence-corrected chi connectivity index (χ1v) is 7.18. The van der Waals surface area contributed by atoms with Crippen molar-refractivity contribution in [3.05, 3.63) is 29.3 Å². The molecule has 1 heterocycles. The van der Waals surface area contributed by atoms with Gasteiger partial charge in [0.15, 0.2) is 0 Å². The molecule has 4 heteroatoms. The lowest BCUT2D eigenvalue weighted by Crippen LogP contribution is -2.42. The molecule has 0 amide bonds. The molecule has 2 N–H and O–H groups in total. The fourth-order valence-corrected chi connectivity index (χ4v) is 2.58. The molecule has 1 aromatic carbocycles. The summed E-state index contributed by atoms with van der Waals surface area (Å²) in [4.78, 5) is 11.2. The number of nitrogens with one attached hydrogen (secondary N) is 1. The topological polar surface area (TPSA) is 58.6 Å². The summed E-state index contributed by atoms with van der Waals surface area (Å²) in [7, 11) is 0. The molecule has 0 saturated heterocycles. The van der Waals surface area contributed by atoms with E-state index in [1.165, 1.54) is 11.1 Å². The van der Waals surface area contributed by atoms with Crippen LogP contribution >= 0.6 is 0 Å². The van der Waals surface area contributed by atoms with Gasteiger partial charge < -0.3 is 15.2 Å². The van der Waals surface area contributed by atoms with Crippen LogP contribution in [0.1, 0.15) is 31.4 Å². The number of fused-ring (bicyclic) bond motifs is 1. The molecule has 20 heavy (non-hydrogen) atoms. The number of carbonyl (C=O) groups is 1. The summed E-state index contributed by atoms with van der Waals surface area (Å²) >= 11 is 0. The minimum atomic E-state index is -0.787. The van der Waals surface area contributed by atoms with Crippen LogP contribution in [-0.4, -0.2) is 29.8 Å². The van der Waals surface area contributed by atoms with Crippen LogP contribution < -0.4 is 10.1 Å². The molecule has 2 rings (SSSR count). The molecule has 0 bridgehead atoms. The van der Waals surface area contributed by atoms with E-state index in [9.17, 15) is 9.90 Å². The van der Waals surface area contributed by atoms with E-state index in [2.05, 4.69) is 18.3 Å². The number of rotatable bonds is 6. The van der Waals surface area contributed by atoms with Crippen molar-refractivity contribution in [3.8, 4) is 5.75 Å². The van der Waals surface area contributed by atoms with Crippen molar-refractivity contribution in [1.29, 1.82) is 0 Å². The molecule has 2 unspecified atom stereocenters. The maximum atomic E-state index is 11.2. The van der Waals surface area contributed by atoms with Crippen LogP contribution in [-0.2, 0) is 11.2 Å². The lowest BCUT2D eigenvalue weighted by molar-refractivity contribution is -0.140. The van der Waals surface area contributed by atoms with Crippen LogP contribution in [0.25, 0.3) is 0 Å². The molecule has 0 radical (unpaired) electrons. The third kappa shape index (κ3) is 3.73. The number of aliphatic carboxylic acids is 1. The van der Waals surface area contributed by atoms with Crippen molar-refractivity contribution in [2.75, 3.05) is 6.54 Å².